The highest BCUT2D eigenvalue weighted by Gasteiger charge is 2.22. The molecular formula is C17H15ClF2N2O2. The van der Waals surface area contributed by atoms with Gasteiger partial charge in [0.15, 0.2) is 0 Å². The first-order valence-electron chi connectivity index (χ1n) is 7.07. The van der Waals surface area contributed by atoms with Crippen LogP contribution in [0.3, 0.4) is 0 Å². The number of halogens is 3. The van der Waals surface area contributed by atoms with Gasteiger partial charge in [-0.2, -0.15) is 0 Å². The Kier molecular flexibility index (Phi) is 5.51. The molecule has 0 heterocycles. The summed E-state index contributed by atoms with van der Waals surface area (Å²) in [5.41, 5.74) is 0.678. The van der Waals surface area contributed by atoms with Crippen molar-refractivity contribution in [2.45, 2.75) is 13.8 Å². The number of hydrogen-bond donors (Lipinski definition) is 1. The fourth-order valence-corrected chi connectivity index (χ4v) is 2.42. The van der Waals surface area contributed by atoms with E-state index in [0.717, 1.165) is 29.5 Å². The van der Waals surface area contributed by atoms with E-state index in [-0.39, 0.29) is 0 Å². The number of benzene rings is 2. The number of carbonyl (C=O) groups excluding carboxylic acids is 2. The third kappa shape index (κ3) is 4.08. The normalized spacial score (nSPS) is 10.4. The maximum Gasteiger partial charge on any atom is 0.244 e. The summed E-state index contributed by atoms with van der Waals surface area (Å²) in [5, 5.41) is 3.11. The topological polar surface area (TPSA) is 49.4 Å². The Bertz CT molecular complexity index is 776. The van der Waals surface area contributed by atoms with Gasteiger partial charge in [-0.05, 0) is 42.8 Å². The number of amides is 2. The Balaban J connectivity index is 2.22. The molecule has 0 aromatic heterocycles. The molecule has 0 spiro atoms. The zero-order chi connectivity index (χ0) is 17.9. The van der Waals surface area contributed by atoms with Crippen molar-refractivity contribution in [3.63, 3.8) is 0 Å². The molecule has 4 nitrogen and oxygen atoms in total. The Hall–Kier alpha value is -2.47. The first-order valence-corrected chi connectivity index (χ1v) is 7.45. The van der Waals surface area contributed by atoms with Gasteiger partial charge in [0.05, 0.1) is 0 Å². The van der Waals surface area contributed by atoms with E-state index in [4.69, 9.17) is 11.6 Å². The molecule has 0 saturated heterocycles. The Morgan fingerprint density at radius 3 is 2.33 bits per heavy atom. The monoisotopic (exact) mass is 352 g/mol. The number of carbonyl (C=O) groups is 2. The number of para-hydroxylation sites is 1. The maximum atomic E-state index is 13.9. The van der Waals surface area contributed by atoms with Crippen molar-refractivity contribution in [3.8, 4) is 0 Å². The molecule has 0 aliphatic carbocycles. The Labute approximate surface area is 143 Å². The molecule has 2 aromatic carbocycles. The summed E-state index contributed by atoms with van der Waals surface area (Å²) in [5.74, 6) is -3.07. The standard InChI is InChI=1S/C17H15ClF2N2O2/c1-10-8-12(18)6-7-15(10)21-16(24)9-22(11(2)23)17-13(19)4-3-5-14(17)20/h3-8H,9H2,1-2H3,(H,21,24). The molecule has 0 aliphatic heterocycles. The van der Waals surface area contributed by atoms with Gasteiger partial charge in [0.1, 0.15) is 23.9 Å². The minimum atomic E-state index is -0.916. The molecule has 1 N–H and O–H groups in total. The van der Waals surface area contributed by atoms with E-state index < -0.39 is 35.7 Å². The van der Waals surface area contributed by atoms with Crippen LogP contribution < -0.4 is 10.2 Å². The van der Waals surface area contributed by atoms with Crippen LogP contribution in [0.15, 0.2) is 36.4 Å². The third-order valence-corrected chi connectivity index (χ3v) is 3.59. The van der Waals surface area contributed by atoms with Crippen LogP contribution in [0.25, 0.3) is 0 Å². The Morgan fingerprint density at radius 1 is 1.17 bits per heavy atom. The third-order valence-electron chi connectivity index (χ3n) is 3.35. The highest BCUT2D eigenvalue weighted by Crippen LogP contribution is 2.24. The van der Waals surface area contributed by atoms with Crippen molar-refractivity contribution >= 4 is 34.8 Å². The number of aryl methyl sites for hydroxylation is 1. The summed E-state index contributed by atoms with van der Waals surface area (Å²) in [4.78, 5) is 24.7. The van der Waals surface area contributed by atoms with Crippen LogP contribution in [0.5, 0.6) is 0 Å². The lowest BCUT2D eigenvalue weighted by Crippen LogP contribution is -2.38. The summed E-state index contributed by atoms with van der Waals surface area (Å²) >= 11 is 5.85. The molecule has 2 aromatic rings. The zero-order valence-electron chi connectivity index (χ0n) is 13.1. The van der Waals surface area contributed by atoms with Crippen LogP contribution in [0.1, 0.15) is 12.5 Å². The molecule has 0 saturated carbocycles. The average Bonchev–Trinajstić information content (AvgIpc) is 2.48. The van der Waals surface area contributed by atoms with E-state index in [1.807, 2.05) is 0 Å². The summed E-state index contributed by atoms with van der Waals surface area (Å²) < 4.78 is 27.7. The molecule has 126 valence electrons. The van der Waals surface area contributed by atoms with Crippen molar-refractivity contribution < 1.29 is 18.4 Å². The molecule has 0 unspecified atom stereocenters. The first-order chi connectivity index (χ1) is 11.3. The quantitative estimate of drug-likeness (QED) is 0.906. The molecule has 0 fully saturated rings. The van der Waals surface area contributed by atoms with Crippen molar-refractivity contribution in [3.05, 3.63) is 58.6 Å². The lowest BCUT2D eigenvalue weighted by molar-refractivity contribution is -0.120. The summed E-state index contributed by atoms with van der Waals surface area (Å²) in [6.07, 6.45) is 0. The van der Waals surface area contributed by atoms with E-state index in [1.165, 1.54) is 6.07 Å². The van der Waals surface area contributed by atoms with Gasteiger partial charge < -0.3 is 5.32 Å². The minimum Gasteiger partial charge on any atom is -0.324 e. The predicted octanol–water partition coefficient (Wildman–Crippen LogP) is 3.92. The average molecular weight is 353 g/mol. The first kappa shape index (κ1) is 17.9. The van der Waals surface area contributed by atoms with Crippen LogP contribution in [0.4, 0.5) is 20.2 Å². The van der Waals surface area contributed by atoms with Crippen molar-refractivity contribution in [2.24, 2.45) is 0 Å². The molecule has 2 amide bonds. The largest absolute Gasteiger partial charge is 0.324 e. The van der Waals surface area contributed by atoms with Gasteiger partial charge >= 0.3 is 0 Å². The molecule has 2 rings (SSSR count). The van der Waals surface area contributed by atoms with Gasteiger partial charge in [-0.15, -0.1) is 0 Å². The molecule has 24 heavy (non-hydrogen) atoms. The molecule has 0 aliphatic rings. The molecule has 0 bridgehead atoms. The summed E-state index contributed by atoms with van der Waals surface area (Å²) in [7, 11) is 0. The van der Waals surface area contributed by atoms with Gasteiger partial charge in [0.25, 0.3) is 0 Å². The van der Waals surface area contributed by atoms with Crippen molar-refractivity contribution in [1.29, 1.82) is 0 Å². The minimum absolute atomic E-state index is 0.502. The number of rotatable bonds is 4. The lowest BCUT2D eigenvalue weighted by atomic mass is 10.2. The highest BCUT2D eigenvalue weighted by molar-refractivity contribution is 6.30. The molecule has 7 heteroatoms. The summed E-state index contributed by atoms with van der Waals surface area (Å²) in [6, 6.07) is 8.10. The smallest absolute Gasteiger partial charge is 0.244 e. The van der Waals surface area contributed by atoms with Gasteiger partial charge in [-0.25, -0.2) is 8.78 Å². The van der Waals surface area contributed by atoms with Gasteiger partial charge in [0, 0.05) is 17.6 Å². The van der Waals surface area contributed by atoms with Crippen LogP contribution in [0.2, 0.25) is 5.02 Å². The SMILES string of the molecule is CC(=O)N(CC(=O)Nc1ccc(Cl)cc1C)c1c(F)cccc1F. The number of nitrogens with one attached hydrogen (secondary N) is 1. The van der Waals surface area contributed by atoms with Gasteiger partial charge in [-0.1, -0.05) is 17.7 Å². The van der Waals surface area contributed by atoms with E-state index in [9.17, 15) is 18.4 Å². The van der Waals surface area contributed by atoms with Gasteiger partial charge in [-0.3, -0.25) is 14.5 Å². The van der Waals surface area contributed by atoms with E-state index in [1.54, 1.807) is 25.1 Å². The second kappa shape index (κ2) is 7.40. The predicted molar refractivity (Wildman–Crippen MR) is 89.2 cm³/mol. The molecule has 0 atom stereocenters. The van der Waals surface area contributed by atoms with E-state index >= 15 is 0 Å². The highest BCUT2D eigenvalue weighted by atomic mass is 35.5. The van der Waals surface area contributed by atoms with Crippen LogP contribution in [-0.4, -0.2) is 18.4 Å². The van der Waals surface area contributed by atoms with Crippen molar-refractivity contribution in [1.82, 2.24) is 0 Å². The second-order valence-electron chi connectivity index (χ2n) is 5.18. The summed E-state index contributed by atoms with van der Waals surface area (Å²) in [6.45, 7) is 2.36. The van der Waals surface area contributed by atoms with Crippen LogP contribution >= 0.6 is 11.6 Å². The van der Waals surface area contributed by atoms with Crippen LogP contribution in [-0.2, 0) is 9.59 Å². The van der Waals surface area contributed by atoms with Crippen molar-refractivity contribution in [2.75, 3.05) is 16.8 Å². The second-order valence-corrected chi connectivity index (χ2v) is 5.62. The number of anilines is 2. The van der Waals surface area contributed by atoms with E-state index in [2.05, 4.69) is 5.32 Å². The fraction of sp³-hybridized carbons (Fsp3) is 0.176. The van der Waals surface area contributed by atoms with Gasteiger partial charge in [0.2, 0.25) is 11.8 Å². The zero-order valence-corrected chi connectivity index (χ0v) is 13.8. The Morgan fingerprint density at radius 2 is 1.79 bits per heavy atom. The number of hydrogen-bond acceptors (Lipinski definition) is 2. The molecular weight excluding hydrogens is 338 g/mol. The lowest BCUT2D eigenvalue weighted by Gasteiger charge is -2.22. The molecule has 0 radical (unpaired) electrons. The fourth-order valence-electron chi connectivity index (χ4n) is 2.20. The van der Waals surface area contributed by atoms with Crippen LogP contribution in [0, 0.1) is 18.6 Å². The number of nitrogens with zero attached hydrogens (tertiary/aromatic N) is 1. The maximum absolute atomic E-state index is 13.9. The van der Waals surface area contributed by atoms with E-state index in [0.29, 0.717) is 10.7 Å².